The van der Waals surface area contributed by atoms with Gasteiger partial charge in [-0.1, -0.05) is 6.07 Å². The molecule has 1 amide bonds. The van der Waals surface area contributed by atoms with Crippen LogP contribution in [0.3, 0.4) is 0 Å². The molecule has 2 aromatic heterocycles. The predicted octanol–water partition coefficient (Wildman–Crippen LogP) is 2.07. The number of hydrogen-bond acceptors (Lipinski definition) is 4. The number of hydrogen-bond donors (Lipinski definition) is 0. The Morgan fingerprint density at radius 3 is 2.96 bits per heavy atom. The number of carbonyl (C=O) groups is 1. The van der Waals surface area contributed by atoms with E-state index in [4.69, 9.17) is 9.84 Å². The average molecular weight is 326 g/mol. The molecule has 1 saturated carbocycles. The van der Waals surface area contributed by atoms with Crippen molar-refractivity contribution in [3.05, 3.63) is 47.5 Å². The molecule has 0 radical (unpaired) electrons. The van der Waals surface area contributed by atoms with Crippen LogP contribution in [0.15, 0.2) is 30.6 Å². The minimum Gasteiger partial charge on any atom is -0.384 e. The predicted molar refractivity (Wildman–Crippen MR) is 88.5 cm³/mol. The third-order valence-electron chi connectivity index (χ3n) is 4.74. The van der Waals surface area contributed by atoms with E-state index in [9.17, 15) is 4.79 Å². The normalized spacial score (nSPS) is 20.0. The van der Waals surface area contributed by atoms with Crippen molar-refractivity contribution in [2.45, 2.75) is 31.8 Å². The van der Waals surface area contributed by atoms with Crippen molar-refractivity contribution in [3.8, 4) is 0 Å². The number of pyridine rings is 1. The number of nitrogens with zero attached hydrogens (tertiary/aromatic N) is 4. The van der Waals surface area contributed by atoms with Gasteiger partial charge < -0.3 is 9.64 Å². The van der Waals surface area contributed by atoms with Gasteiger partial charge in [-0.25, -0.2) is 0 Å². The van der Waals surface area contributed by atoms with Crippen molar-refractivity contribution in [1.29, 1.82) is 0 Å². The fourth-order valence-corrected chi connectivity index (χ4v) is 3.36. The van der Waals surface area contributed by atoms with Gasteiger partial charge in [0.15, 0.2) is 0 Å². The molecule has 24 heavy (non-hydrogen) atoms. The summed E-state index contributed by atoms with van der Waals surface area (Å²) in [5.74, 6) is 0.864. The fourth-order valence-electron chi connectivity index (χ4n) is 3.36. The van der Waals surface area contributed by atoms with Gasteiger partial charge in [0.05, 0.1) is 12.3 Å². The lowest BCUT2D eigenvalue weighted by Gasteiger charge is -2.31. The molecule has 0 N–H and O–H groups in total. The zero-order valence-corrected chi connectivity index (χ0v) is 13.9. The second kappa shape index (κ2) is 6.36. The third kappa shape index (κ3) is 3.06. The number of methoxy groups -OCH3 is 1. The van der Waals surface area contributed by atoms with Crippen molar-refractivity contribution in [2.75, 3.05) is 20.3 Å². The molecule has 4 rings (SSSR count). The second-order valence-corrected chi connectivity index (χ2v) is 6.76. The topological polar surface area (TPSA) is 60.2 Å². The molecule has 1 fully saturated rings. The highest BCUT2D eigenvalue weighted by atomic mass is 16.5. The molecule has 2 aliphatic rings. The molecule has 0 spiro atoms. The summed E-state index contributed by atoms with van der Waals surface area (Å²) in [6.45, 7) is 2.77. The third-order valence-corrected chi connectivity index (χ3v) is 4.74. The molecular formula is C18H22N4O2. The van der Waals surface area contributed by atoms with Crippen molar-refractivity contribution < 1.29 is 9.53 Å². The van der Waals surface area contributed by atoms with Gasteiger partial charge in [-0.05, 0) is 30.9 Å². The molecule has 1 aliphatic heterocycles. The van der Waals surface area contributed by atoms with Crippen molar-refractivity contribution in [2.24, 2.45) is 5.92 Å². The van der Waals surface area contributed by atoms with Crippen LogP contribution in [0, 0.1) is 5.92 Å². The SMILES string of the molecule is COC[C@H]1CN(C(=O)c2ccccn2)Cc2cn(CC3CC3)nc21. The van der Waals surface area contributed by atoms with Gasteiger partial charge in [0.2, 0.25) is 0 Å². The van der Waals surface area contributed by atoms with Crippen LogP contribution < -0.4 is 0 Å². The van der Waals surface area contributed by atoms with E-state index in [1.165, 1.54) is 12.8 Å². The number of carbonyl (C=O) groups excluding carboxylic acids is 1. The lowest BCUT2D eigenvalue weighted by atomic mass is 9.97. The number of fused-ring (bicyclic) bond motifs is 1. The van der Waals surface area contributed by atoms with Gasteiger partial charge >= 0.3 is 0 Å². The summed E-state index contributed by atoms with van der Waals surface area (Å²) in [6, 6.07) is 5.43. The van der Waals surface area contributed by atoms with Crippen LogP contribution in [0.2, 0.25) is 0 Å². The van der Waals surface area contributed by atoms with Gasteiger partial charge in [0.25, 0.3) is 5.91 Å². The molecule has 6 heteroatoms. The minimum atomic E-state index is -0.0303. The highest BCUT2D eigenvalue weighted by Gasteiger charge is 2.32. The highest BCUT2D eigenvalue weighted by Crippen LogP contribution is 2.32. The molecule has 0 saturated heterocycles. The molecule has 126 valence electrons. The van der Waals surface area contributed by atoms with E-state index >= 15 is 0 Å². The fraction of sp³-hybridized carbons (Fsp3) is 0.500. The molecule has 0 aromatic carbocycles. The molecule has 3 heterocycles. The van der Waals surface area contributed by atoms with Crippen LogP contribution in [0.25, 0.3) is 0 Å². The lowest BCUT2D eigenvalue weighted by molar-refractivity contribution is 0.0673. The largest absolute Gasteiger partial charge is 0.384 e. The van der Waals surface area contributed by atoms with Crippen molar-refractivity contribution >= 4 is 5.91 Å². The Hall–Kier alpha value is -2.21. The quantitative estimate of drug-likeness (QED) is 0.844. The van der Waals surface area contributed by atoms with Gasteiger partial charge in [0, 0.05) is 50.6 Å². The van der Waals surface area contributed by atoms with Crippen molar-refractivity contribution in [3.63, 3.8) is 0 Å². The maximum atomic E-state index is 12.7. The van der Waals surface area contributed by atoms with E-state index in [0.717, 1.165) is 23.7 Å². The Bertz CT molecular complexity index is 724. The van der Waals surface area contributed by atoms with E-state index < -0.39 is 0 Å². The lowest BCUT2D eigenvalue weighted by Crippen LogP contribution is -2.39. The molecule has 0 bridgehead atoms. The van der Waals surface area contributed by atoms with Crippen LogP contribution >= 0.6 is 0 Å². The van der Waals surface area contributed by atoms with E-state index in [1.807, 2.05) is 17.0 Å². The molecule has 0 unspecified atom stereocenters. The highest BCUT2D eigenvalue weighted by molar-refractivity contribution is 5.92. The van der Waals surface area contributed by atoms with Crippen LogP contribution in [-0.4, -0.2) is 45.8 Å². The summed E-state index contributed by atoms with van der Waals surface area (Å²) in [5.41, 5.74) is 2.71. The Morgan fingerprint density at radius 2 is 2.25 bits per heavy atom. The summed E-state index contributed by atoms with van der Waals surface area (Å²) in [7, 11) is 1.69. The summed E-state index contributed by atoms with van der Waals surface area (Å²) in [4.78, 5) is 18.8. The van der Waals surface area contributed by atoms with Crippen LogP contribution in [0.1, 0.15) is 40.5 Å². The Labute approximate surface area is 141 Å². The van der Waals surface area contributed by atoms with Gasteiger partial charge in [-0.15, -0.1) is 0 Å². The first-order valence-corrected chi connectivity index (χ1v) is 8.50. The van der Waals surface area contributed by atoms with E-state index in [0.29, 0.717) is 25.4 Å². The summed E-state index contributed by atoms with van der Waals surface area (Å²) < 4.78 is 7.43. The summed E-state index contributed by atoms with van der Waals surface area (Å²) in [6.07, 6.45) is 6.36. The summed E-state index contributed by atoms with van der Waals surface area (Å²) in [5, 5.41) is 4.78. The van der Waals surface area contributed by atoms with Gasteiger partial charge in [-0.3, -0.25) is 14.5 Å². The van der Waals surface area contributed by atoms with E-state index in [2.05, 4.69) is 15.9 Å². The zero-order chi connectivity index (χ0) is 16.5. The van der Waals surface area contributed by atoms with Crippen molar-refractivity contribution in [1.82, 2.24) is 19.7 Å². The first-order valence-electron chi connectivity index (χ1n) is 8.50. The zero-order valence-electron chi connectivity index (χ0n) is 13.9. The maximum absolute atomic E-state index is 12.7. The molecule has 1 atom stereocenters. The Kier molecular flexibility index (Phi) is 4.06. The van der Waals surface area contributed by atoms with Gasteiger partial charge in [-0.2, -0.15) is 5.10 Å². The molecule has 1 aliphatic carbocycles. The number of ether oxygens (including phenoxy) is 1. The maximum Gasteiger partial charge on any atom is 0.272 e. The number of aromatic nitrogens is 3. The molecule has 2 aromatic rings. The minimum absolute atomic E-state index is 0.0303. The first kappa shape index (κ1) is 15.3. The smallest absolute Gasteiger partial charge is 0.272 e. The molecular weight excluding hydrogens is 304 g/mol. The summed E-state index contributed by atoms with van der Waals surface area (Å²) >= 11 is 0. The Balaban J connectivity index is 1.58. The average Bonchev–Trinajstić information content (AvgIpc) is 3.32. The first-order chi connectivity index (χ1) is 11.7. The van der Waals surface area contributed by atoms with Gasteiger partial charge in [0.1, 0.15) is 5.69 Å². The van der Waals surface area contributed by atoms with Crippen LogP contribution in [0.5, 0.6) is 0 Å². The van der Waals surface area contributed by atoms with Crippen LogP contribution in [-0.2, 0) is 17.8 Å². The standard InChI is InChI=1S/C18H22N4O2/c1-24-12-15-10-21(18(23)16-4-2-3-7-19-16)9-14-11-22(20-17(14)15)8-13-5-6-13/h2-4,7,11,13,15H,5-6,8-10,12H2,1H3/t15-/m1/s1. The van der Waals surface area contributed by atoms with E-state index in [-0.39, 0.29) is 11.8 Å². The number of amides is 1. The van der Waals surface area contributed by atoms with Crippen LogP contribution in [0.4, 0.5) is 0 Å². The molecule has 6 nitrogen and oxygen atoms in total. The Morgan fingerprint density at radius 1 is 1.38 bits per heavy atom. The van der Waals surface area contributed by atoms with E-state index in [1.54, 1.807) is 19.4 Å². The number of rotatable bonds is 5. The second-order valence-electron chi connectivity index (χ2n) is 6.76. The monoisotopic (exact) mass is 326 g/mol.